The van der Waals surface area contributed by atoms with Crippen molar-refractivity contribution in [3.63, 3.8) is 0 Å². The zero-order valence-corrected chi connectivity index (χ0v) is 10.9. The molecule has 2 N–H and O–H groups in total. The predicted octanol–water partition coefficient (Wildman–Crippen LogP) is 2.55. The fourth-order valence-electron chi connectivity index (χ4n) is 1.24. The van der Waals surface area contributed by atoms with Crippen LogP contribution in [-0.4, -0.2) is 10.7 Å². The van der Waals surface area contributed by atoms with E-state index in [0.29, 0.717) is 6.42 Å². The van der Waals surface area contributed by atoms with E-state index in [9.17, 15) is 4.79 Å². The highest BCUT2D eigenvalue weighted by atomic mass is 79.9. The molecule has 2 nitrogen and oxygen atoms in total. The highest BCUT2D eigenvalue weighted by molar-refractivity contribution is 9.10. The van der Waals surface area contributed by atoms with Crippen LogP contribution in [0.3, 0.4) is 0 Å². The minimum atomic E-state index is -0.331. The highest BCUT2D eigenvalue weighted by Gasteiger charge is 2.11. The first-order valence-corrected chi connectivity index (χ1v) is 5.89. The molecule has 1 atom stereocenters. The van der Waals surface area contributed by atoms with Crippen LogP contribution in [0.5, 0.6) is 0 Å². The van der Waals surface area contributed by atoms with Crippen molar-refractivity contribution in [2.45, 2.75) is 18.2 Å². The molecule has 76 valence electrons. The number of nitrogens with two attached hydrogens (primary N) is 1. The van der Waals surface area contributed by atoms with E-state index in [1.54, 1.807) is 0 Å². The second kappa shape index (κ2) is 4.94. The van der Waals surface area contributed by atoms with E-state index in [-0.39, 0.29) is 10.7 Å². The summed E-state index contributed by atoms with van der Waals surface area (Å²) >= 11 is 6.65. The Morgan fingerprint density at radius 1 is 1.50 bits per heavy atom. The molecule has 1 rings (SSSR count). The Balaban J connectivity index is 2.81. The molecule has 0 aliphatic carbocycles. The lowest BCUT2D eigenvalue weighted by Crippen LogP contribution is -2.24. The van der Waals surface area contributed by atoms with Crippen molar-refractivity contribution < 1.29 is 4.79 Å². The van der Waals surface area contributed by atoms with Crippen LogP contribution >= 0.6 is 31.9 Å². The molecule has 0 fully saturated rings. The van der Waals surface area contributed by atoms with Gasteiger partial charge in [-0.25, -0.2) is 0 Å². The largest absolute Gasteiger partial charge is 0.369 e. The van der Waals surface area contributed by atoms with Crippen LogP contribution in [0, 0.1) is 6.92 Å². The monoisotopic (exact) mass is 319 g/mol. The first kappa shape index (κ1) is 11.7. The lowest BCUT2D eigenvalue weighted by molar-refractivity contribution is -0.117. The van der Waals surface area contributed by atoms with Crippen molar-refractivity contribution in [3.8, 4) is 0 Å². The Labute approximate surface area is 100 Å². The van der Waals surface area contributed by atoms with Crippen LogP contribution in [0.15, 0.2) is 22.7 Å². The van der Waals surface area contributed by atoms with E-state index in [4.69, 9.17) is 5.73 Å². The van der Waals surface area contributed by atoms with Crippen molar-refractivity contribution in [2.75, 3.05) is 0 Å². The van der Waals surface area contributed by atoms with Gasteiger partial charge in [0.25, 0.3) is 0 Å². The maximum atomic E-state index is 10.8. The van der Waals surface area contributed by atoms with Crippen LogP contribution in [0.25, 0.3) is 0 Å². The van der Waals surface area contributed by atoms with Crippen LogP contribution in [-0.2, 0) is 11.2 Å². The van der Waals surface area contributed by atoms with Crippen LogP contribution in [0.1, 0.15) is 11.1 Å². The van der Waals surface area contributed by atoms with Gasteiger partial charge in [0.1, 0.15) is 0 Å². The second-order valence-corrected chi connectivity index (χ2v) is 5.23. The van der Waals surface area contributed by atoms with Gasteiger partial charge >= 0.3 is 0 Å². The third-order valence-electron chi connectivity index (χ3n) is 1.83. The van der Waals surface area contributed by atoms with Gasteiger partial charge < -0.3 is 5.73 Å². The zero-order chi connectivity index (χ0) is 10.7. The normalized spacial score (nSPS) is 12.5. The van der Waals surface area contributed by atoms with Gasteiger partial charge in [0.15, 0.2) is 0 Å². The van der Waals surface area contributed by atoms with E-state index >= 15 is 0 Å². The molecule has 0 saturated heterocycles. The van der Waals surface area contributed by atoms with Crippen LogP contribution in [0.4, 0.5) is 0 Å². The number of alkyl halides is 1. The average Bonchev–Trinajstić information content (AvgIpc) is 2.01. The molecule has 1 aromatic rings. The van der Waals surface area contributed by atoms with Crippen LogP contribution < -0.4 is 5.73 Å². The smallest absolute Gasteiger partial charge is 0.231 e. The fraction of sp³-hybridized carbons (Fsp3) is 0.300. The molecule has 1 amide bonds. The average molecular weight is 321 g/mol. The molecular formula is C10H11Br2NO. The molecule has 0 spiro atoms. The summed E-state index contributed by atoms with van der Waals surface area (Å²) in [6.45, 7) is 2.02. The molecule has 14 heavy (non-hydrogen) atoms. The highest BCUT2D eigenvalue weighted by Crippen LogP contribution is 2.18. The lowest BCUT2D eigenvalue weighted by Gasteiger charge is -2.07. The van der Waals surface area contributed by atoms with Gasteiger partial charge in [-0.2, -0.15) is 0 Å². The number of aryl methyl sites for hydroxylation is 1. The Morgan fingerprint density at radius 2 is 2.14 bits per heavy atom. The number of carbonyl (C=O) groups excluding carboxylic acids is 1. The van der Waals surface area contributed by atoms with Gasteiger partial charge in [-0.3, -0.25) is 4.79 Å². The summed E-state index contributed by atoms with van der Waals surface area (Å²) in [5.74, 6) is -0.331. The van der Waals surface area contributed by atoms with E-state index in [2.05, 4.69) is 31.9 Å². The fourth-order valence-corrected chi connectivity index (χ4v) is 2.27. The van der Waals surface area contributed by atoms with E-state index < -0.39 is 0 Å². The van der Waals surface area contributed by atoms with Gasteiger partial charge in [-0.1, -0.05) is 37.9 Å². The maximum absolute atomic E-state index is 10.8. The Bertz CT molecular complexity index is 332. The first-order chi connectivity index (χ1) is 6.49. The standard InChI is InChI=1S/C10H11Br2NO/c1-6-2-7(4-8(11)3-6)5-9(12)10(13)14/h2-4,9H,5H2,1H3,(H2,13,14). The lowest BCUT2D eigenvalue weighted by atomic mass is 10.1. The topological polar surface area (TPSA) is 43.1 Å². The minimum absolute atomic E-state index is 0.295. The number of carbonyl (C=O) groups is 1. The van der Waals surface area contributed by atoms with Crippen LogP contribution in [0.2, 0.25) is 0 Å². The van der Waals surface area contributed by atoms with Crippen molar-refractivity contribution in [1.82, 2.24) is 0 Å². The second-order valence-electron chi connectivity index (χ2n) is 3.21. The number of benzene rings is 1. The Kier molecular flexibility index (Phi) is 4.13. The maximum Gasteiger partial charge on any atom is 0.231 e. The summed E-state index contributed by atoms with van der Waals surface area (Å²) in [6, 6.07) is 6.06. The van der Waals surface area contributed by atoms with Crippen molar-refractivity contribution in [3.05, 3.63) is 33.8 Å². The summed E-state index contributed by atoms with van der Waals surface area (Å²) in [5, 5.41) is 0. The number of hydrogen-bond donors (Lipinski definition) is 1. The van der Waals surface area contributed by atoms with E-state index in [0.717, 1.165) is 10.0 Å². The summed E-state index contributed by atoms with van der Waals surface area (Å²) in [7, 11) is 0. The van der Waals surface area contributed by atoms with E-state index in [1.807, 2.05) is 25.1 Å². The van der Waals surface area contributed by atoms with Gasteiger partial charge in [0.2, 0.25) is 5.91 Å². The SMILES string of the molecule is Cc1cc(Br)cc(CC(Br)C(N)=O)c1. The predicted molar refractivity (Wildman–Crippen MR) is 64.5 cm³/mol. The molecule has 0 aliphatic rings. The zero-order valence-electron chi connectivity index (χ0n) is 7.76. The Hall–Kier alpha value is -0.350. The Morgan fingerprint density at radius 3 is 2.64 bits per heavy atom. The number of hydrogen-bond acceptors (Lipinski definition) is 1. The minimum Gasteiger partial charge on any atom is -0.369 e. The summed E-state index contributed by atoms with van der Waals surface area (Å²) in [5.41, 5.74) is 7.42. The van der Waals surface area contributed by atoms with Gasteiger partial charge in [0, 0.05) is 4.47 Å². The third-order valence-corrected chi connectivity index (χ3v) is 3.06. The van der Waals surface area contributed by atoms with Crippen molar-refractivity contribution in [1.29, 1.82) is 0 Å². The van der Waals surface area contributed by atoms with E-state index in [1.165, 1.54) is 5.56 Å². The summed E-state index contributed by atoms with van der Waals surface area (Å²) in [4.78, 5) is 10.5. The summed E-state index contributed by atoms with van der Waals surface area (Å²) in [6.07, 6.45) is 0.621. The molecule has 0 saturated carbocycles. The molecule has 1 unspecified atom stereocenters. The first-order valence-electron chi connectivity index (χ1n) is 4.18. The molecule has 0 aromatic heterocycles. The molecule has 0 radical (unpaired) electrons. The molecule has 0 aliphatic heterocycles. The van der Waals surface area contributed by atoms with Crippen molar-refractivity contribution >= 4 is 37.8 Å². The molecule has 4 heteroatoms. The molecule has 0 bridgehead atoms. The molecule has 1 aromatic carbocycles. The van der Waals surface area contributed by atoms with Crippen molar-refractivity contribution in [2.24, 2.45) is 5.73 Å². The molecular weight excluding hydrogens is 310 g/mol. The van der Waals surface area contributed by atoms with Gasteiger partial charge in [-0.05, 0) is 36.6 Å². The number of rotatable bonds is 3. The number of amides is 1. The molecule has 0 heterocycles. The number of primary amides is 1. The quantitative estimate of drug-likeness (QED) is 0.855. The van der Waals surface area contributed by atoms with Gasteiger partial charge in [-0.15, -0.1) is 0 Å². The number of halogens is 2. The summed E-state index contributed by atoms with van der Waals surface area (Å²) < 4.78 is 1.02. The van der Waals surface area contributed by atoms with Gasteiger partial charge in [0.05, 0.1) is 4.83 Å². The third kappa shape index (κ3) is 3.42.